The number of aliphatic hydroxyl groups is 7. The van der Waals surface area contributed by atoms with Gasteiger partial charge in [-0.15, -0.1) is 6.58 Å². The maximum absolute atomic E-state index is 12.9. The van der Waals surface area contributed by atoms with Crippen LogP contribution in [0.15, 0.2) is 70.1 Å². The van der Waals surface area contributed by atoms with Crippen LogP contribution in [0, 0.1) is 45.8 Å². The number of ether oxygens (including phenoxy) is 9. The van der Waals surface area contributed by atoms with Crippen LogP contribution < -0.4 is 0 Å². The number of carbonyl (C=O) groups is 7. The normalized spacial score (nSPS) is 28.2. The van der Waals surface area contributed by atoms with Crippen molar-refractivity contribution in [1.82, 2.24) is 0 Å². The Balaban J connectivity index is 0.000000397. The quantitative estimate of drug-likeness (QED) is 0.0197. The molecular weight excluding hydrogens is 1170 g/mol. The first-order valence-electron chi connectivity index (χ1n) is 29.9. The Labute approximate surface area is 523 Å². The molecule has 7 N–H and O–H groups in total. The van der Waals surface area contributed by atoms with Crippen molar-refractivity contribution in [1.29, 1.82) is 0 Å². The third-order valence-electron chi connectivity index (χ3n) is 15.9. The van der Waals surface area contributed by atoms with Crippen LogP contribution in [-0.2, 0) is 76.2 Å². The van der Waals surface area contributed by atoms with E-state index < -0.39 is 108 Å². The molecule has 6 aliphatic rings. The molecule has 1 saturated heterocycles. The monoisotopic (exact) mass is 1270 g/mol. The molecule has 24 heteroatoms. The number of aliphatic hydroxyl groups excluding tert-OH is 7. The van der Waals surface area contributed by atoms with Crippen LogP contribution in [0.4, 0.5) is 0 Å². The molecule has 0 spiro atoms. The largest absolute Gasteiger partial charge is 0.505 e. The van der Waals surface area contributed by atoms with E-state index >= 15 is 0 Å². The van der Waals surface area contributed by atoms with E-state index in [-0.39, 0.29) is 69.8 Å². The van der Waals surface area contributed by atoms with Crippen LogP contribution in [0.1, 0.15) is 150 Å². The fourth-order valence-corrected chi connectivity index (χ4v) is 11.7. The zero-order valence-electron chi connectivity index (χ0n) is 54.3. The van der Waals surface area contributed by atoms with Gasteiger partial charge in [0, 0.05) is 44.2 Å². The topological polar surface area (TPSA) is 344 Å². The van der Waals surface area contributed by atoms with Crippen molar-refractivity contribution in [3.05, 3.63) is 70.1 Å². The summed E-state index contributed by atoms with van der Waals surface area (Å²) in [6.07, 6.45) is 0.510. The smallest absolute Gasteiger partial charge is 0.377 e. The van der Waals surface area contributed by atoms with Crippen LogP contribution in [0.5, 0.6) is 0 Å². The first kappa shape index (κ1) is 78.8. The summed E-state index contributed by atoms with van der Waals surface area (Å²) < 4.78 is 46.1. The third kappa shape index (κ3) is 21.7. The lowest BCUT2D eigenvalue weighted by Crippen LogP contribution is -2.48. The fraction of sp³-hybridized carbons (Fsp3) is 0.703. The van der Waals surface area contributed by atoms with Gasteiger partial charge in [0.05, 0.1) is 13.2 Å². The number of carbonyl (C=O) groups excluding carboxylic acids is 7. The lowest BCUT2D eigenvalue weighted by Gasteiger charge is -2.43. The second-order valence-corrected chi connectivity index (χ2v) is 25.2. The highest BCUT2D eigenvalue weighted by molar-refractivity contribution is 6.64. The molecule has 3 aliphatic heterocycles. The Morgan fingerprint density at radius 2 is 1.24 bits per heavy atom. The van der Waals surface area contributed by atoms with E-state index in [0.717, 1.165) is 17.6 Å². The van der Waals surface area contributed by atoms with Gasteiger partial charge in [0.15, 0.2) is 53.5 Å². The van der Waals surface area contributed by atoms with E-state index in [9.17, 15) is 48.9 Å². The molecule has 88 heavy (non-hydrogen) atoms. The third-order valence-corrected chi connectivity index (χ3v) is 16.0. The zero-order valence-corrected chi connectivity index (χ0v) is 55.1. The number of Topliss-reactive ketones (excluding diaryl/α,β-unsaturated/α-hetero) is 3. The Bertz CT molecular complexity index is 2570. The minimum absolute atomic E-state index is 0.00294. The van der Waals surface area contributed by atoms with Crippen molar-refractivity contribution < 1.29 is 112 Å². The maximum atomic E-state index is 12.9. The second-order valence-electron chi connectivity index (χ2n) is 24.8. The van der Waals surface area contributed by atoms with E-state index in [1.165, 1.54) is 11.1 Å². The number of ketones is 3. The molecule has 0 aromatic heterocycles. The number of halogens is 1. The minimum Gasteiger partial charge on any atom is -0.505 e. The van der Waals surface area contributed by atoms with Crippen LogP contribution in [0.2, 0.25) is 0 Å². The van der Waals surface area contributed by atoms with Gasteiger partial charge in [0.2, 0.25) is 17.8 Å². The van der Waals surface area contributed by atoms with Gasteiger partial charge in [-0.05, 0) is 145 Å². The molecule has 3 heterocycles. The van der Waals surface area contributed by atoms with Crippen molar-refractivity contribution in [3.8, 4) is 0 Å². The summed E-state index contributed by atoms with van der Waals surface area (Å²) in [4.78, 5) is 81.6. The average Bonchev–Trinajstić information content (AvgIpc) is 2.60. The zero-order chi connectivity index (χ0) is 67.5. The number of allylic oxidation sites excluding steroid dienone is 7. The number of cyclic esters (lactones) is 2. The highest BCUT2D eigenvalue weighted by Crippen LogP contribution is 2.46. The summed E-state index contributed by atoms with van der Waals surface area (Å²) in [7, 11) is 0. The Hall–Kier alpha value is -5.34. The summed E-state index contributed by atoms with van der Waals surface area (Å²) in [6, 6.07) is 0. The lowest BCUT2D eigenvalue weighted by molar-refractivity contribution is -0.202. The van der Waals surface area contributed by atoms with Gasteiger partial charge >= 0.3 is 17.9 Å². The molecule has 0 bridgehead atoms. The molecule has 0 amide bonds. The number of hydrogen-bond acceptors (Lipinski definition) is 23. The van der Waals surface area contributed by atoms with E-state index in [1.807, 2.05) is 40.7 Å². The predicted molar refractivity (Wildman–Crippen MR) is 323 cm³/mol. The maximum Gasteiger partial charge on any atom is 0.377 e. The molecule has 6 rings (SSSR count). The summed E-state index contributed by atoms with van der Waals surface area (Å²) >= 11 is 5.11. The molecule has 0 radical (unpaired) electrons. The fourth-order valence-electron chi connectivity index (χ4n) is 11.5. The standard InChI is InChI=1S/C22H30O7.C17H28O5.C13H22O2.C6H11ClO3.C6H8O6/c1-11(2)8-14-12(3)17(23)13(9-22(14,4)5)6-7-16-27-10-15(28-16)20-18(24)19(25)21(26)29-20;1-7-12-11(4)14(18)13(10-17(12,5)6)22-15(19)16(20-8-2)21-9-3;1-8(2)6-10-9(3)12(15)11(14)7-13(10,4)5;1-3-9-6(5(7)8)10-4-2;7-1-2(8)5-3(9)4(10)6(11)12-5/h8,13,15-16,20,24-25H,6-7,9-10H2,1-5H3;7,11-13,16H,1,8-10H2,2-6H3;6,9-11,14H,7H2,1-5H3;6H,3-4H2,1-2H3;2,5,7-10H,1H2/t13?,15-,16?,20+;;;;2-,5+/m0...0/s1. The molecule has 23 nitrogen and oxygen atoms in total. The summed E-state index contributed by atoms with van der Waals surface area (Å²) in [5.74, 6) is -5.68. The van der Waals surface area contributed by atoms with Crippen LogP contribution in [0.3, 0.4) is 0 Å². The van der Waals surface area contributed by atoms with Gasteiger partial charge in [0.25, 0.3) is 11.5 Å². The van der Waals surface area contributed by atoms with Gasteiger partial charge in [-0.2, -0.15) is 0 Å². The van der Waals surface area contributed by atoms with Gasteiger partial charge in [-0.25, -0.2) is 14.4 Å². The lowest BCUT2D eigenvalue weighted by atomic mass is 9.62. The molecule has 2 saturated carbocycles. The summed E-state index contributed by atoms with van der Waals surface area (Å²) in [5.41, 5.74) is 4.10. The van der Waals surface area contributed by atoms with E-state index in [2.05, 4.69) is 78.9 Å². The van der Waals surface area contributed by atoms with Crippen molar-refractivity contribution in [3.63, 3.8) is 0 Å². The SMILES string of the molecule is C=CC1C(C)C(=O)C(OC(=O)C(OCC)OCC)CC1(C)C.CC(C)=CC1=C(C)C(=O)C(CCC2OC[C@@H]([C@H]3OC(=O)C(O)=C3O)O2)CC1(C)C.CC(C)=CC1C(C)C(=O)C(O)CC1(C)C.CCOC(OCC)C(=O)Cl.O=C1O[C@H]([C@@H](O)CO)C(O)=C1O. The second kappa shape index (κ2) is 35.3. The van der Waals surface area contributed by atoms with Crippen molar-refractivity contribution in [2.45, 2.75) is 205 Å². The van der Waals surface area contributed by atoms with Crippen molar-refractivity contribution in [2.24, 2.45) is 45.8 Å². The minimum atomic E-state index is -1.42. The van der Waals surface area contributed by atoms with Crippen LogP contribution >= 0.6 is 11.6 Å². The molecule has 500 valence electrons. The molecule has 8 unspecified atom stereocenters. The molecule has 12 atom stereocenters. The van der Waals surface area contributed by atoms with Crippen LogP contribution in [0.25, 0.3) is 0 Å². The Morgan fingerprint density at radius 1 is 0.727 bits per heavy atom. The molecule has 0 aromatic carbocycles. The average molecular weight is 1270 g/mol. The van der Waals surface area contributed by atoms with E-state index in [1.54, 1.807) is 27.7 Å². The van der Waals surface area contributed by atoms with Gasteiger partial charge < -0.3 is 78.4 Å². The van der Waals surface area contributed by atoms with Crippen LogP contribution in [-0.4, -0.2) is 171 Å². The van der Waals surface area contributed by atoms with Gasteiger partial charge in [-0.3, -0.25) is 19.2 Å². The first-order chi connectivity index (χ1) is 40.8. The molecular formula is C64H99ClO23. The van der Waals surface area contributed by atoms with Crippen molar-refractivity contribution >= 4 is 52.1 Å². The summed E-state index contributed by atoms with van der Waals surface area (Å²) in [6.45, 7) is 38.4. The van der Waals surface area contributed by atoms with Crippen molar-refractivity contribution in [2.75, 3.05) is 39.6 Å². The summed E-state index contributed by atoms with van der Waals surface area (Å²) in [5, 5.41) is 63.3. The Kier molecular flexibility index (Phi) is 31.6. The van der Waals surface area contributed by atoms with E-state index in [4.69, 9.17) is 69.9 Å². The number of hydrogen-bond donors (Lipinski definition) is 7. The first-order valence-corrected chi connectivity index (χ1v) is 30.2. The van der Waals surface area contributed by atoms with Gasteiger partial charge in [-0.1, -0.05) is 84.8 Å². The highest BCUT2D eigenvalue weighted by atomic mass is 35.5. The number of esters is 3. The molecule has 3 aliphatic carbocycles. The highest BCUT2D eigenvalue weighted by Gasteiger charge is 2.49. The molecule has 0 aromatic rings. The van der Waals surface area contributed by atoms with Gasteiger partial charge in [0.1, 0.15) is 18.3 Å². The molecule has 3 fully saturated rings. The number of rotatable bonds is 20. The predicted octanol–water partition coefficient (Wildman–Crippen LogP) is 8.70. The Morgan fingerprint density at radius 3 is 1.69 bits per heavy atom. The van der Waals surface area contributed by atoms with E-state index in [0.29, 0.717) is 52.1 Å².